The van der Waals surface area contributed by atoms with Crippen LogP contribution in [0.5, 0.6) is 5.95 Å². The van der Waals surface area contributed by atoms with Crippen LogP contribution in [-0.2, 0) is 6.54 Å². The van der Waals surface area contributed by atoms with Gasteiger partial charge in [0.05, 0.1) is 13.7 Å². The van der Waals surface area contributed by atoms with Crippen LogP contribution in [0.1, 0.15) is 5.56 Å². The van der Waals surface area contributed by atoms with Crippen molar-refractivity contribution in [1.82, 2.24) is 0 Å². The molecular weight excluding hydrogens is 282 g/mol. The van der Waals surface area contributed by atoms with E-state index in [0.29, 0.717) is 0 Å². The normalized spacial score (nSPS) is 10.6. The van der Waals surface area contributed by atoms with Crippen molar-refractivity contribution in [3.63, 3.8) is 0 Å². The number of benzene rings is 2. The number of methoxy groups -OCH3 is 1. The summed E-state index contributed by atoms with van der Waals surface area (Å²) < 4.78 is 10.3. The molecule has 0 saturated heterocycles. The van der Waals surface area contributed by atoms with Gasteiger partial charge < -0.3 is 14.3 Å². The molecule has 3 aromatic rings. The summed E-state index contributed by atoms with van der Waals surface area (Å²) in [5, 5.41) is 11.6. The standard InChI is InChI=1S/C17H15NO4/c1-21-16-9-8-15(22-16)18(17(19)20)11-12-6-7-13-4-2-3-5-14(13)10-12/h2-10H,11H2,1H3,(H,19,20). The Labute approximate surface area is 127 Å². The van der Waals surface area contributed by atoms with E-state index < -0.39 is 6.09 Å². The Balaban J connectivity index is 1.90. The fourth-order valence-electron chi connectivity index (χ4n) is 2.32. The molecule has 1 amide bonds. The van der Waals surface area contributed by atoms with Crippen molar-refractivity contribution in [2.45, 2.75) is 6.54 Å². The first kappa shape index (κ1) is 14.0. The van der Waals surface area contributed by atoms with Gasteiger partial charge in [0.25, 0.3) is 5.95 Å². The quantitative estimate of drug-likeness (QED) is 0.786. The summed E-state index contributed by atoms with van der Waals surface area (Å²) in [6.45, 7) is 0.205. The van der Waals surface area contributed by atoms with Crippen molar-refractivity contribution in [2.75, 3.05) is 12.0 Å². The van der Waals surface area contributed by atoms with E-state index in [4.69, 9.17) is 9.15 Å². The molecule has 0 bridgehead atoms. The first-order valence-electron chi connectivity index (χ1n) is 6.79. The zero-order valence-electron chi connectivity index (χ0n) is 12.0. The van der Waals surface area contributed by atoms with Gasteiger partial charge >= 0.3 is 6.09 Å². The molecule has 1 N–H and O–H groups in total. The van der Waals surface area contributed by atoms with Crippen molar-refractivity contribution < 1.29 is 19.1 Å². The molecule has 0 fully saturated rings. The molecule has 0 saturated carbocycles. The van der Waals surface area contributed by atoms with Crippen molar-refractivity contribution in [2.24, 2.45) is 0 Å². The fourth-order valence-corrected chi connectivity index (χ4v) is 2.32. The molecule has 1 heterocycles. The third-order valence-electron chi connectivity index (χ3n) is 3.42. The van der Waals surface area contributed by atoms with Gasteiger partial charge in [0, 0.05) is 12.1 Å². The minimum absolute atomic E-state index is 0.205. The van der Waals surface area contributed by atoms with Crippen molar-refractivity contribution in [3.05, 3.63) is 60.2 Å². The van der Waals surface area contributed by atoms with E-state index in [2.05, 4.69) is 0 Å². The van der Waals surface area contributed by atoms with Gasteiger partial charge in [-0.2, -0.15) is 0 Å². The molecule has 0 spiro atoms. The minimum Gasteiger partial charge on any atom is -0.468 e. The molecule has 3 rings (SSSR count). The molecule has 22 heavy (non-hydrogen) atoms. The number of furan rings is 1. The molecule has 0 radical (unpaired) electrons. The van der Waals surface area contributed by atoms with Crippen molar-refractivity contribution in [1.29, 1.82) is 0 Å². The second kappa shape index (κ2) is 5.81. The Bertz CT molecular complexity index is 809. The molecule has 0 aliphatic rings. The topological polar surface area (TPSA) is 62.9 Å². The summed E-state index contributed by atoms with van der Waals surface area (Å²) >= 11 is 0. The van der Waals surface area contributed by atoms with Crippen LogP contribution in [0.25, 0.3) is 10.8 Å². The predicted molar refractivity (Wildman–Crippen MR) is 83.4 cm³/mol. The molecule has 0 aliphatic carbocycles. The van der Waals surface area contributed by atoms with Crippen LogP contribution in [0.3, 0.4) is 0 Å². The number of hydrogen-bond acceptors (Lipinski definition) is 3. The molecule has 5 nitrogen and oxygen atoms in total. The second-order valence-electron chi connectivity index (χ2n) is 4.85. The van der Waals surface area contributed by atoms with Gasteiger partial charge in [0.15, 0.2) is 0 Å². The van der Waals surface area contributed by atoms with Crippen LogP contribution < -0.4 is 9.64 Å². The maximum absolute atomic E-state index is 11.5. The van der Waals surface area contributed by atoms with Gasteiger partial charge in [0.1, 0.15) is 0 Å². The highest BCUT2D eigenvalue weighted by Gasteiger charge is 2.19. The Kier molecular flexibility index (Phi) is 3.70. The lowest BCUT2D eigenvalue weighted by Gasteiger charge is -2.16. The van der Waals surface area contributed by atoms with E-state index in [1.54, 1.807) is 12.1 Å². The van der Waals surface area contributed by atoms with E-state index in [1.165, 1.54) is 7.11 Å². The number of rotatable bonds is 4. The lowest BCUT2D eigenvalue weighted by atomic mass is 10.1. The molecule has 5 heteroatoms. The van der Waals surface area contributed by atoms with Crippen LogP contribution >= 0.6 is 0 Å². The molecule has 0 unspecified atom stereocenters. The third kappa shape index (κ3) is 2.74. The first-order valence-corrected chi connectivity index (χ1v) is 6.79. The summed E-state index contributed by atoms with van der Waals surface area (Å²) in [7, 11) is 1.47. The van der Waals surface area contributed by atoms with Crippen LogP contribution in [-0.4, -0.2) is 18.3 Å². The second-order valence-corrected chi connectivity index (χ2v) is 4.85. The van der Waals surface area contributed by atoms with Crippen molar-refractivity contribution >= 4 is 22.7 Å². The molecular formula is C17H15NO4. The van der Waals surface area contributed by atoms with Gasteiger partial charge in [-0.05, 0) is 22.4 Å². The number of carboxylic acid groups (broad SMARTS) is 1. The van der Waals surface area contributed by atoms with Crippen LogP contribution in [0.4, 0.5) is 10.7 Å². The first-order chi connectivity index (χ1) is 10.7. The summed E-state index contributed by atoms with van der Waals surface area (Å²) in [4.78, 5) is 12.6. The Hall–Kier alpha value is -2.95. The Morgan fingerprint density at radius 2 is 1.91 bits per heavy atom. The number of anilines is 1. The SMILES string of the molecule is COc1ccc(N(Cc2ccc3ccccc3c2)C(=O)O)o1. The lowest BCUT2D eigenvalue weighted by molar-refractivity contribution is 0.199. The number of carbonyl (C=O) groups is 1. The van der Waals surface area contributed by atoms with Crippen LogP contribution in [0.2, 0.25) is 0 Å². The van der Waals surface area contributed by atoms with Crippen LogP contribution in [0, 0.1) is 0 Å². The number of fused-ring (bicyclic) bond motifs is 1. The summed E-state index contributed by atoms with van der Waals surface area (Å²) in [5.41, 5.74) is 0.886. The van der Waals surface area contributed by atoms with E-state index in [-0.39, 0.29) is 18.4 Å². The maximum Gasteiger partial charge on any atom is 0.414 e. The molecule has 1 aromatic heterocycles. The maximum atomic E-state index is 11.5. The van der Waals surface area contributed by atoms with Gasteiger partial charge in [0.2, 0.25) is 5.88 Å². The summed E-state index contributed by atoms with van der Waals surface area (Å²) in [6.07, 6.45) is -1.08. The highest BCUT2D eigenvalue weighted by Crippen LogP contribution is 2.26. The Morgan fingerprint density at radius 3 is 2.59 bits per heavy atom. The van der Waals surface area contributed by atoms with Gasteiger partial charge in [-0.3, -0.25) is 0 Å². The van der Waals surface area contributed by atoms with Crippen LogP contribution in [0.15, 0.2) is 59.0 Å². The van der Waals surface area contributed by atoms with Gasteiger partial charge in [-0.1, -0.05) is 36.4 Å². The van der Waals surface area contributed by atoms with E-state index in [9.17, 15) is 9.90 Å². The molecule has 112 valence electrons. The minimum atomic E-state index is -1.08. The Morgan fingerprint density at radius 1 is 1.14 bits per heavy atom. The lowest BCUT2D eigenvalue weighted by Crippen LogP contribution is -2.28. The monoisotopic (exact) mass is 297 g/mol. The highest BCUT2D eigenvalue weighted by atomic mass is 16.6. The van der Waals surface area contributed by atoms with E-state index in [1.807, 2.05) is 42.5 Å². The smallest absolute Gasteiger partial charge is 0.414 e. The largest absolute Gasteiger partial charge is 0.468 e. The van der Waals surface area contributed by atoms with Gasteiger partial charge in [-0.25, -0.2) is 9.69 Å². The van der Waals surface area contributed by atoms with E-state index >= 15 is 0 Å². The molecule has 2 aromatic carbocycles. The average Bonchev–Trinajstić information content (AvgIpc) is 3.01. The number of ether oxygens (including phenoxy) is 1. The summed E-state index contributed by atoms with van der Waals surface area (Å²) in [5.74, 6) is 0.511. The van der Waals surface area contributed by atoms with E-state index in [0.717, 1.165) is 21.2 Å². The number of nitrogens with zero attached hydrogens (tertiary/aromatic N) is 1. The third-order valence-corrected chi connectivity index (χ3v) is 3.42. The summed E-state index contributed by atoms with van der Waals surface area (Å²) in [6, 6.07) is 17.0. The molecule has 0 aliphatic heterocycles. The number of hydrogen-bond donors (Lipinski definition) is 1. The zero-order chi connectivity index (χ0) is 15.5. The predicted octanol–water partition coefficient (Wildman–Crippen LogP) is 4.13. The number of amides is 1. The fraction of sp³-hybridized carbons (Fsp3) is 0.118. The van der Waals surface area contributed by atoms with Gasteiger partial charge in [-0.15, -0.1) is 0 Å². The average molecular weight is 297 g/mol. The zero-order valence-corrected chi connectivity index (χ0v) is 12.0. The molecule has 0 atom stereocenters. The highest BCUT2D eigenvalue weighted by molar-refractivity contribution is 5.86. The van der Waals surface area contributed by atoms with Crippen molar-refractivity contribution in [3.8, 4) is 5.95 Å².